The Balaban J connectivity index is 0.000000541. The monoisotopic (exact) mass is 400 g/mol. The average Bonchev–Trinajstić information content (AvgIpc) is 2.77. The topological polar surface area (TPSA) is 69.2 Å². The molecule has 0 aliphatic carbocycles. The lowest BCUT2D eigenvalue weighted by Crippen LogP contribution is -2.42. The molecule has 1 atom stereocenters. The van der Waals surface area contributed by atoms with Gasteiger partial charge in [0.2, 0.25) is 14.8 Å². The number of hydrogen-bond acceptors (Lipinski definition) is 3. The molecule has 0 amide bonds. The second kappa shape index (κ2) is 7.74. The molecular weight excluding hydrogens is 385 g/mol. The van der Waals surface area contributed by atoms with Crippen LogP contribution in [-0.2, 0) is 11.9 Å². The maximum atomic E-state index is 13.3. The molecule has 0 radical (unpaired) electrons. The molecule has 0 aliphatic heterocycles. The van der Waals surface area contributed by atoms with Crippen LogP contribution in [0.3, 0.4) is 0 Å². The first-order valence-corrected chi connectivity index (χ1v) is 9.63. The summed E-state index contributed by atoms with van der Waals surface area (Å²) in [6.07, 6.45) is 0.764. The normalized spacial score (nSPS) is 12.8. The van der Waals surface area contributed by atoms with Crippen molar-refractivity contribution in [2.45, 2.75) is 38.6 Å². The minimum Gasteiger partial charge on any atom is -0.405 e. The van der Waals surface area contributed by atoms with Crippen LogP contribution in [0.5, 0.6) is 0 Å². The van der Waals surface area contributed by atoms with Crippen molar-refractivity contribution in [2.75, 3.05) is 0 Å². The van der Waals surface area contributed by atoms with Gasteiger partial charge in [0.05, 0.1) is 10.5 Å². The fraction of sp³-hybridized carbons (Fsp3) is 0.429. The van der Waals surface area contributed by atoms with Gasteiger partial charge in [0.15, 0.2) is 9.58 Å². The Morgan fingerprint density at radius 3 is 2.14 bits per heavy atom. The van der Waals surface area contributed by atoms with E-state index in [1.54, 1.807) is 18.2 Å². The fourth-order valence-corrected chi connectivity index (χ4v) is 4.33. The number of alkyl halides is 3. The van der Waals surface area contributed by atoms with Gasteiger partial charge >= 0.3 is 5.51 Å². The Morgan fingerprint density at radius 2 is 1.73 bits per heavy atom. The van der Waals surface area contributed by atoms with E-state index in [1.807, 2.05) is 26.8 Å². The lowest BCUT2D eigenvalue weighted by Gasteiger charge is -2.02. The van der Waals surface area contributed by atoms with Crippen molar-refractivity contribution in [1.29, 1.82) is 0 Å². The fourth-order valence-electron chi connectivity index (χ4n) is 2.23. The SMILES string of the molecule is CCc1cccc2c1cc(C(C)C)[s+]2C(F)(F)F.[O-][Br+2]([O-])[O-]. The van der Waals surface area contributed by atoms with Crippen molar-refractivity contribution < 1.29 is 40.6 Å². The Hall–Kier alpha value is -0.670. The summed E-state index contributed by atoms with van der Waals surface area (Å²) in [6, 6.07) is 7.03. The zero-order chi connectivity index (χ0) is 17.1. The molecule has 2 aromatic rings. The van der Waals surface area contributed by atoms with Gasteiger partial charge in [-0.25, -0.2) is 0 Å². The van der Waals surface area contributed by atoms with E-state index >= 15 is 0 Å². The molecule has 124 valence electrons. The van der Waals surface area contributed by atoms with E-state index in [0.717, 1.165) is 17.4 Å². The summed E-state index contributed by atoms with van der Waals surface area (Å²) >= 11 is -3.65. The minimum absolute atomic E-state index is 0.0768. The summed E-state index contributed by atoms with van der Waals surface area (Å²) in [6.45, 7) is 5.63. The van der Waals surface area contributed by atoms with Crippen LogP contribution >= 0.6 is 10.5 Å². The molecule has 0 fully saturated rings. The van der Waals surface area contributed by atoms with Gasteiger partial charge in [-0.1, -0.05) is 32.9 Å². The van der Waals surface area contributed by atoms with Gasteiger partial charge in [-0.15, -0.1) is 13.2 Å². The van der Waals surface area contributed by atoms with E-state index in [9.17, 15) is 13.2 Å². The Morgan fingerprint density at radius 1 is 1.18 bits per heavy atom. The van der Waals surface area contributed by atoms with E-state index in [-0.39, 0.29) is 5.92 Å². The summed E-state index contributed by atoms with van der Waals surface area (Å²) < 4.78 is 65.8. The van der Waals surface area contributed by atoms with E-state index in [1.165, 1.54) is 0 Å². The van der Waals surface area contributed by atoms with Gasteiger partial charge in [0.1, 0.15) is 0 Å². The molecule has 1 heterocycles. The van der Waals surface area contributed by atoms with E-state index < -0.39 is 30.8 Å². The first-order chi connectivity index (χ1) is 10.1. The highest BCUT2D eigenvalue weighted by molar-refractivity contribution is 7.38. The summed E-state index contributed by atoms with van der Waals surface area (Å²) in [5.41, 5.74) is -3.17. The maximum Gasteiger partial charge on any atom is 0.600 e. The molecule has 8 heteroatoms. The van der Waals surface area contributed by atoms with E-state index in [2.05, 4.69) is 0 Å². The van der Waals surface area contributed by atoms with Gasteiger partial charge in [-0.2, -0.15) is 0 Å². The van der Waals surface area contributed by atoms with Crippen LogP contribution in [-0.4, -0.2) is 0 Å². The zero-order valence-electron chi connectivity index (χ0n) is 12.2. The van der Waals surface area contributed by atoms with Gasteiger partial charge in [0.25, 0.3) is 0 Å². The quantitative estimate of drug-likeness (QED) is 0.725. The average molecular weight is 401 g/mol. The molecule has 1 aromatic heterocycles. The number of hydrogen-bond donors (Lipinski definition) is 0. The van der Waals surface area contributed by atoms with Crippen LogP contribution in [0, 0.1) is 14.8 Å². The number of halogens is 4. The van der Waals surface area contributed by atoms with Crippen molar-refractivity contribution in [3.63, 3.8) is 0 Å². The van der Waals surface area contributed by atoms with Crippen molar-refractivity contribution in [1.82, 2.24) is 0 Å². The Kier molecular flexibility index (Phi) is 6.82. The lowest BCUT2D eigenvalue weighted by atomic mass is 10.1. The Labute approximate surface area is 134 Å². The third-order valence-corrected chi connectivity index (χ3v) is 5.40. The number of fused-ring (bicyclic) bond motifs is 1. The van der Waals surface area contributed by atoms with Crippen LogP contribution in [0.1, 0.15) is 37.1 Å². The van der Waals surface area contributed by atoms with Crippen molar-refractivity contribution >= 4 is 20.6 Å². The molecule has 1 aromatic carbocycles. The van der Waals surface area contributed by atoms with Crippen LogP contribution in [0.15, 0.2) is 24.3 Å². The molecule has 2 rings (SSSR count). The second-order valence-electron chi connectivity index (χ2n) is 4.82. The van der Waals surface area contributed by atoms with E-state index in [0.29, 0.717) is 9.58 Å². The summed E-state index contributed by atoms with van der Waals surface area (Å²) in [5.74, 6) is -0.0768. The molecule has 3 nitrogen and oxygen atoms in total. The van der Waals surface area contributed by atoms with Gasteiger partial charge < -0.3 is 12.6 Å². The molecule has 0 spiro atoms. The lowest BCUT2D eigenvalue weighted by molar-refractivity contribution is -1.73. The van der Waals surface area contributed by atoms with Gasteiger partial charge in [0, 0.05) is 17.4 Å². The smallest absolute Gasteiger partial charge is 0.405 e. The third-order valence-electron chi connectivity index (χ3n) is 3.08. The van der Waals surface area contributed by atoms with Crippen LogP contribution < -0.4 is 12.6 Å². The van der Waals surface area contributed by atoms with Crippen LogP contribution in [0.25, 0.3) is 10.1 Å². The second-order valence-corrected chi connectivity index (χ2v) is 7.60. The highest BCUT2D eigenvalue weighted by Gasteiger charge is 2.48. The largest absolute Gasteiger partial charge is 0.600 e. The number of thiophene rings is 1. The Bertz CT molecular complexity index is 621. The third kappa shape index (κ3) is 4.66. The summed E-state index contributed by atoms with van der Waals surface area (Å²) in [4.78, 5) is 0.512. The molecule has 0 bridgehead atoms. The minimum atomic E-state index is -4.17. The highest BCUT2D eigenvalue weighted by atomic mass is 80.0. The van der Waals surface area contributed by atoms with Crippen LogP contribution in [0.2, 0.25) is 0 Å². The molecule has 0 saturated heterocycles. The van der Waals surface area contributed by atoms with Gasteiger partial charge in [-0.05, 0) is 18.1 Å². The van der Waals surface area contributed by atoms with Crippen molar-refractivity contribution in [3.05, 3.63) is 34.7 Å². The molecule has 0 saturated carbocycles. The number of aryl methyl sites for hydroxylation is 1. The highest BCUT2D eigenvalue weighted by Crippen LogP contribution is 2.53. The standard InChI is InChI=1S/C14H16F3S.BrO3/c1-4-10-6-5-7-12-11(10)8-13(9(2)3)18(12)14(15,16)17;2-1(3)4/h5-9H,4H2,1-3H3;/q+1;-1. The zero-order valence-corrected chi connectivity index (χ0v) is 14.6. The number of rotatable bonds is 2. The first-order valence-electron chi connectivity index (χ1n) is 6.47. The van der Waals surface area contributed by atoms with Crippen LogP contribution in [0.4, 0.5) is 13.2 Å². The van der Waals surface area contributed by atoms with Gasteiger partial charge in [-0.3, -0.25) is 0 Å². The predicted molar refractivity (Wildman–Crippen MR) is 71.2 cm³/mol. The van der Waals surface area contributed by atoms with Crippen molar-refractivity contribution in [3.8, 4) is 0 Å². The molecular formula is C14H16BrF3O3S. The molecule has 0 N–H and O–H groups in total. The van der Waals surface area contributed by atoms with E-state index in [4.69, 9.17) is 12.6 Å². The number of benzene rings is 1. The molecule has 1 unspecified atom stereocenters. The summed E-state index contributed by atoms with van der Waals surface area (Å²) in [7, 11) is -1.74. The first kappa shape index (κ1) is 19.4. The molecule has 22 heavy (non-hydrogen) atoms. The maximum absolute atomic E-state index is 13.3. The molecule has 0 aliphatic rings. The predicted octanol–water partition coefficient (Wildman–Crippen LogP) is 2.18. The van der Waals surface area contributed by atoms with Crippen molar-refractivity contribution in [2.24, 2.45) is 0 Å². The summed E-state index contributed by atoms with van der Waals surface area (Å²) in [5, 5.41) is 0.796.